The number of benzene rings is 1. The summed E-state index contributed by atoms with van der Waals surface area (Å²) in [5.41, 5.74) is 3.72. The summed E-state index contributed by atoms with van der Waals surface area (Å²) < 4.78 is 8.64. The summed E-state index contributed by atoms with van der Waals surface area (Å²) in [6, 6.07) is 13.6. The molecule has 31 heavy (non-hydrogen) atoms. The largest absolute Gasteiger partial charge is 0.380 e. The van der Waals surface area contributed by atoms with Crippen molar-refractivity contribution in [2.45, 2.75) is 38.3 Å². The molecule has 7 heteroatoms. The van der Waals surface area contributed by atoms with Gasteiger partial charge in [-0.1, -0.05) is 18.2 Å². The van der Waals surface area contributed by atoms with Crippen LogP contribution in [0.3, 0.4) is 0 Å². The van der Waals surface area contributed by atoms with Crippen LogP contribution in [0.25, 0.3) is 11.3 Å². The highest BCUT2D eigenvalue weighted by Crippen LogP contribution is 2.38. The molecule has 1 amide bonds. The maximum Gasteiger partial charge on any atom is 0.252 e. The van der Waals surface area contributed by atoms with Gasteiger partial charge in [0.2, 0.25) is 0 Å². The van der Waals surface area contributed by atoms with Gasteiger partial charge in [-0.05, 0) is 49.4 Å². The molecule has 1 aliphatic carbocycles. The standard InChI is InChI=1S/C24H28N4O3/c1-3-31-12-11-28-16-19(7-8-23(28)29)24(30)25-21-14-20(15-21)17-5-4-6-18(13-17)22-9-10-27(2)26-22/h4-10,13,16,20-21H,3,11-12,14-15H2,1-2H3,(H,25,30). The highest BCUT2D eigenvalue weighted by Gasteiger charge is 2.31. The van der Waals surface area contributed by atoms with E-state index in [0.717, 1.165) is 24.1 Å². The van der Waals surface area contributed by atoms with Crippen molar-refractivity contribution in [2.24, 2.45) is 7.05 Å². The number of aryl methyl sites for hydroxylation is 1. The fraction of sp³-hybridized carbons (Fsp3) is 0.375. The lowest BCUT2D eigenvalue weighted by Gasteiger charge is -2.36. The molecule has 7 nitrogen and oxygen atoms in total. The molecular weight excluding hydrogens is 392 g/mol. The van der Waals surface area contributed by atoms with Gasteiger partial charge in [-0.2, -0.15) is 5.10 Å². The maximum atomic E-state index is 12.7. The van der Waals surface area contributed by atoms with Gasteiger partial charge in [0.25, 0.3) is 11.5 Å². The number of hydrogen-bond donors (Lipinski definition) is 1. The first kappa shape index (κ1) is 21.1. The van der Waals surface area contributed by atoms with Gasteiger partial charge >= 0.3 is 0 Å². The molecule has 0 aliphatic heterocycles. The summed E-state index contributed by atoms with van der Waals surface area (Å²) in [6.07, 6.45) is 5.36. The Bertz CT molecular complexity index is 1110. The van der Waals surface area contributed by atoms with Crippen LogP contribution in [0.5, 0.6) is 0 Å². The van der Waals surface area contributed by atoms with E-state index in [2.05, 4.69) is 34.7 Å². The fourth-order valence-electron chi connectivity index (χ4n) is 3.95. The third kappa shape index (κ3) is 4.94. The van der Waals surface area contributed by atoms with E-state index in [0.29, 0.717) is 31.2 Å². The van der Waals surface area contributed by atoms with Crippen molar-refractivity contribution in [3.63, 3.8) is 0 Å². The van der Waals surface area contributed by atoms with Gasteiger partial charge < -0.3 is 14.6 Å². The van der Waals surface area contributed by atoms with Crippen molar-refractivity contribution >= 4 is 5.91 Å². The van der Waals surface area contributed by atoms with Crippen LogP contribution >= 0.6 is 0 Å². The smallest absolute Gasteiger partial charge is 0.252 e. The number of carbonyl (C=O) groups excluding carboxylic acids is 1. The SMILES string of the molecule is CCOCCn1cc(C(=O)NC2CC(c3cccc(-c4ccn(C)n4)c3)C2)ccc1=O. The van der Waals surface area contributed by atoms with E-state index < -0.39 is 0 Å². The van der Waals surface area contributed by atoms with Crippen molar-refractivity contribution in [1.82, 2.24) is 19.7 Å². The quantitative estimate of drug-likeness (QED) is 0.569. The second kappa shape index (κ2) is 9.31. The number of carbonyl (C=O) groups is 1. The van der Waals surface area contributed by atoms with Crippen molar-refractivity contribution in [3.8, 4) is 11.3 Å². The predicted molar refractivity (Wildman–Crippen MR) is 119 cm³/mol. The lowest BCUT2D eigenvalue weighted by Crippen LogP contribution is -2.43. The maximum absolute atomic E-state index is 12.7. The zero-order valence-corrected chi connectivity index (χ0v) is 18.0. The van der Waals surface area contributed by atoms with Crippen LogP contribution in [-0.2, 0) is 18.3 Å². The number of nitrogens with zero attached hydrogens (tertiary/aromatic N) is 3. The number of pyridine rings is 1. The van der Waals surface area contributed by atoms with Gasteiger partial charge in [0, 0.05) is 50.3 Å². The Morgan fingerprint density at radius 3 is 2.81 bits per heavy atom. The highest BCUT2D eigenvalue weighted by atomic mass is 16.5. The molecule has 0 unspecified atom stereocenters. The fourth-order valence-corrected chi connectivity index (χ4v) is 3.95. The first-order valence-corrected chi connectivity index (χ1v) is 10.7. The minimum atomic E-state index is -0.143. The molecule has 0 saturated heterocycles. The van der Waals surface area contributed by atoms with E-state index in [1.54, 1.807) is 16.9 Å². The van der Waals surface area contributed by atoms with E-state index in [1.807, 2.05) is 26.2 Å². The highest BCUT2D eigenvalue weighted by molar-refractivity contribution is 5.94. The molecule has 162 valence electrons. The van der Waals surface area contributed by atoms with Gasteiger partial charge in [-0.25, -0.2) is 0 Å². The summed E-state index contributed by atoms with van der Waals surface area (Å²) in [7, 11) is 1.91. The van der Waals surface area contributed by atoms with Gasteiger partial charge in [0.1, 0.15) is 0 Å². The zero-order chi connectivity index (χ0) is 21.8. The molecule has 1 saturated carbocycles. The van der Waals surface area contributed by atoms with E-state index in [4.69, 9.17) is 4.74 Å². The normalized spacial score (nSPS) is 17.9. The minimum absolute atomic E-state index is 0.132. The first-order chi connectivity index (χ1) is 15.0. The van der Waals surface area contributed by atoms with Crippen LogP contribution < -0.4 is 10.9 Å². The molecule has 0 atom stereocenters. The monoisotopic (exact) mass is 420 g/mol. The van der Waals surface area contributed by atoms with Crippen LogP contribution in [0.2, 0.25) is 0 Å². The number of rotatable bonds is 8. The Kier molecular flexibility index (Phi) is 6.32. The third-order valence-corrected chi connectivity index (χ3v) is 5.77. The second-order valence-electron chi connectivity index (χ2n) is 7.99. The lowest BCUT2D eigenvalue weighted by atomic mass is 9.75. The number of nitrogens with one attached hydrogen (secondary N) is 1. The topological polar surface area (TPSA) is 78.2 Å². The average Bonchev–Trinajstić information content (AvgIpc) is 3.18. The van der Waals surface area contributed by atoms with E-state index in [-0.39, 0.29) is 17.5 Å². The summed E-state index contributed by atoms with van der Waals surface area (Å²) in [6.45, 7) is 3.39. The molecule has 1 N–H and O–H groups in total. The van der Waals surface area contributed by atoms with Crippen molar-refractivity contribution < 1.29 is 9.53 Å². The molecule has 0 radical (unpaired) electrons. The Morgan fingerprint density at radius 2 is 2.06 bits per heavy atom. The molecule has 1 aromatic carbocycles. The van der Waals surface area contributed by atoms with Crippen molar-refractivity contribution in [2.75, 3.05) is 13.2 Å². The van der Waals surface area contributed by atoms with Crippen molar-refractivity contribution in [1.29, 1.82) is 0 Å². The van der Waals surface area contributed by atoms with E-state index >= 15 is 0 Å². The molecule has 3 aromatic rings. The summed E-state index contributed by atoms with van der Waals surface area (Å²) in [4.78, 5) is 24.6. The molecule has 1 aliphatic rings. The molecule has 2 aromatic heterocycles. The number of aromatic nitrogens is 3. The number of amides is 1. The van der Waals surface area contributed by atoms with Crippen LogP contribution in [0.1, 0.15) is 41.6 Å². The van der Waals surface area contributed by atoms with Crippen LogP contribution in [-0.4, -0.2) is 39.5 Å². The van der Waals surface area contributed by atoms with Crippen LogP contribution in [0, 0.1) is 0 Å². The Hall–Kier alpha value is -3.19. The average molecular weight is 421 g/mol. The van der Waals surface area contributed by atoms with E-state index in [1.165, 1.54) is 16.2 Å². The summed E-state index contributed by atoms with van der Waals surface area (Å²) >= 11 is 0. The zero-order valence-electron chi connectivity index (χ0n) is 18.0. The van der Waals surface area contributed by atoms with Gasteiger partial charge in [0.15, 0.2) is 0 Å². The van der Waals surface area contributed by atoms with E-state index in [9.17, 15) is 9.59 Å². The number of ether oxygens (including phenoxy) is 1. The van der Waals surface area contributed by atoms with Crippen LogP contribution in [0.4, 0.5) is 0 Å². The van der Waals surface area contributed by atoms with Gasteiger partial charge in [0.05, 0.1) is 17.9 Å². The predicted octanol–water partition coefficient (Wildman–Crippen LogP) is 2.96. The first-order valence-electron chi connectivity index (χ1n) is 10.7. The Morgan fingerprint density at radius 1 is 1.23 bits per heavy atom. The number of hydrogen-bond acceptors (Lipinski definition) is 4. The van der Waals surface area contributed by atoms with Crippen molar-refractivity contribution in [3.05, 3.63) is 76.3 Å². The Balaban J connectivity index is 1.34. The molecule has 4 rings (SSSR count). The molecule has 1 fully saturated rings. The van der Waals surface area contributed by atoms with Gasteiger partial charge in [-0.3, -0.25) is 14.3 Å². The molecular formula is C24H28N4O3. The summed E-state index contributed by atoms with van der Waals surface area (Å²) in [5.74, 6) is 0.282. The summed E-state index contributed by atoms with van der Waals surface area (Å²) in [5, 5.41) is 7.57. The Labute approximate surface area is 181 Å². The third-order valence-electron chi connectivity index (χ3n) is 5.77. The minimum Gasteiger partial charge on any atom is -0.380 e. The lowest BCUT2D eigenvalue weighted by molar-refractivity contribution is 0.0907. The van der Waals surface area contributed by atoms with Gasteiger partial charge in [-0.15, -0.1) is 0 Å². The molecule has 0 spiro atoms. The molecule has 0 bridgehead atoms. The van der Waals surface area contributed by atoms with Crippen LogP contribution in [0.15, 0.2) is 59.7 Å². The molecule has 2 heterocycles. The second-order valence-corrected chi connectivity index (χ2v) is 7.99.